The Kier molecular flexibility index (Phi) is 7.59. The minimum absolute atomic E-state index is 0.0439. The third kappa shape index (κ3) is 5.77. The van der Waals surface area contributed by atoms with Crippen LogP contribution in [0.4, 0.5) is 4.79 Å². The molecular weight excluding hydrogens is 432 g/mol. The van der Waals surface area contributed by atoms with Crippen molar-refractivity contribution >= 4 is 35.1 Å². The van der Waals surface area contributed by atoms with Gasteiger partial charge in [-0.2, -0.15) is 0 Å². The molecule has 0 radical (unpaired) electrons. The largest absolute Gasteiger partial charge is 0.450 e. The lowest BCUT2D eigenvalue weighted by Gasteiger charge is -2.33. The van der Waals surface area contributed by atoms with Gasteiger partial charge in [-0.1, -0.05) is 38.6 Å². The number of allylic oxidation sites excluding steroid dienone is 1. The van der Waals surface area contributed by atoms with Crippen molar-refractivity contribution in [2.75, 3.05) is 12.4 Å². The fourth-order valence-corrected chi connectivity index (χ4v) is 5.64. The predicted molar refractivity (Wildman–Crippen MR) is 124 cm³/mol. The molecule has 9 heteroatoms. The molecule has 2 amide bonds. The number of thioether (sulfide) groups is 1. The second-order valence-electron chi connectivity index (χ2n) is 8.63. The number of ether oxygens (including phenoxy) is 1. The molecule has 1 aliphatic carbocycles. The Bertz CT molecular complexity index is 959. The van der Waals surface area contributed by atoms with Crippen molar-refractivity contribution in [3.05, 3.63) is 29.2 Å². The van der Waals surface area contributed by atoms with Gasteiger partial charge >= 0.3 is 6.09 Å². The van der Waals surface area contributed by atoms with Crippen LogP contribution in [0.1, 0.15) is 44.6 Å². The van der Waals surface area contributed by atoms with Crippen LogP contribution in [0, 0.1) is 11.3 Å². The van der Waals surface area contributed by atoms with Crippen molar-refractivity contribution in [3.8, 4) is 10.7 Å². The summed E-state index contributed by atoms with van der Waals surface area (Å²) in [6.07, 6.45) is 4.47. The van der Waals surface area contributed by atoms with Crippen molar-refractivity contribution in [3.63, 3.8) is 0 Å². The van der Waals surface area contributed by atoms with Gasteiger partial charge in [0, 0.05) is 11.4 Å². The molecule has 2 aromatic rings. The number of carbonyl (C=O) groups excluding carboxylic acids is 2. The SMILES string of the molecule is C=CCn1c(SCC(=O)NC(=O)OCC)nnc1-c1cc2c(s1)CCC(C(C)(C)C)C2. The molecule has 3 rings (SSSR count). The Morgan fingerprint density at radius 3 is 2.87 bits per heavy atom. The van der Waals surface area contributed by atoms with Crippen molar-refractivity contribution in [2.24, 2.45) is 11.3 Å². The zero-order valence-electron chi connectivity index (χ0n) is 18.6. The lowest BCUT2D eigenvalue weighted by molar-refractivity contribution is -0.117. The molecule has 0 saturated carbocycles. The molecule has 1 unspecified atom stereocenters. The number of nitrogens with one attached hydrogen (secondary N) is 1. The molecule has 0 saturated heterocycles. The van der Waals surface area contributed by atoms with Crippen LogP contribution in [0.15, 0.2) is 23.9 Å². The van der Waals surface area contributed by atoms with Crippen LogP contribution in [0.2, 0.25) is 0 Å². The van der Waals surface area contributed by atoms with Crippen LogP contribution < -0.4 is 5.32 Å². The van der Waals surface area contributed by atoms with Crippen LogP contribution >= 0.6 is 23.1 Å². The lowest BCUT2D eigenvalue weighted by atomic mass is 9.72. The summed E-state index contributed by atoms with van der Waals surface area (Å²) in [6, 6.07) is 2.25. The number of fused-ring (bicyclic) bond motifs is 1. The Morgan fingerprint density at radius 1 is 1.42 bits per heavy atom. The van der Waals surface area contributed by atoms with E-state index < -0.39 is 12.0 Å². The summed E-state index contributed by atoms with van der Waals surface area (Å²) < 4.78 is 6.70. The van der Waals surface area contributed by atoms with Gasteiger partial charge in [-0.25, -0.2) is 4.79 Å². The molecule has 1 N–H and O–H groups in total. The van der Waals surface area contributed by atoms with Gasteiger partial charge in [-0.3, -0.25) is 14.7 Å². The molecule has 168 valence electrons. The van der Waals surface area contributed by atoms with Gasteiger partial charge in [0.25, 0.3) is 0 Å². The van der Waals surface area contributed by atoms with Crippen molar-refractivity contribution in [1.29, 1.82) is 0 Å². The zero-order chi connectivity index (χ0) is 22.6. The molecule has 0 aliphatic heterocycles. The van der Waals surface area contributed by atoms with E-state index in [-0.39, 0.29) is 12.4 Å². The van der Waals surface area contributed by atoms with Crippen LogP contribution in [-0.2, 0) is 28.9 Å². The molecule has 1 atom stereocenters. The first kappa shape index (κ1) is 23.5. The smallest absolute Gasteiger partial charge is 0.413 e. The van der Waals surface area contributed by atoms with E-state index in [1.54, 1.807) is 24.3 Å². The number of imide groups is 1. The van der Waals surface area contributed by atoms with Gasteiger partial charge in [-0.05, 0) is 49.1 Å². The van der Waals surface area contributed by atoms with Crippen LogP contribution in [-0.4, -0.2) is 39.1 Å². The highest BCUT2D eigenvalue weighted by molar-refractivity contribution is 7.99. The first-order valence-corrected chi connectivity index (χ1v) is 12.3. The third-order valence-corrected chi connectivity index (χ3v) is 7.61. The molecule has 7 nitrogen and oxygen atoms in total. The van der Waals surface area contributed by atoms with Crippen LogP contribution in [0.25, 0.3) is 10.7 Å². The van der Waals surface area contributed by atoms with E-state index >= 15 is 0 Å². The standard InChI is InChI=1S/C22H30N4O3S2/c1-6-10-26-19(24-25-20(26)30-13-18(27)23-21(28)29-7-2)17-12-14-11-15(22(3,4)5)8-9-16(14)31-17/h6,12,15H,1,7-11,13H2,2-5H3,(H,23,27,28). The Labute approximate surface area is 191 Å². The van der Waals surface area contributed by atoms with Gasteiger partial charge in [0.05, 0.1) is 17.2 Å². The van der Waals surface area contributed by atoms with E-state index in [2.05, 4.69) is 48.9 Å². The Morgan fingerprint density at radius 2 is 2.19 bits per heavy atom. The number of hydrogen-bond donors (Lipinski definition) is 1. The van der Waals surface area contributed by atoms with Gasteiger partial charge in [-0.15, -0.1) is 28.1 Å². The van der Waals surface area contributed by atoms with Crippen molar-refractivity contribution in [2.45, 2.75) is 58.7 Å². The predicted octanol–water partition coefficient (Wildman–Crippen LogP) is 4.71. The quantitative estimate of drug-likeness (QED) is 0.474. The molecule has 2 aromatic heterocycles. The highest BCUT2D eigenvalue weighted by atomic mass is 32.2. The average Bonchev–Trinajstić information content (AvgIpc) is 3.29. The molecule has 0 fully saturated rings. The maximum absolute atomic E-state index is 12.0. The Balaban J connectivity index is 1.75. The number of alkyl carbamates (subject to hydrolysis) is 1. The summed E-state index contributed by atoms with van der Waals surface area (Å²) in [5, 5.41) is 11.5. The number of thiophene rings is 1. The van der Waals surface area contributed by atoms with Gasteiger partial charge in [0.2, 0.25) is 5.91 Å². The van der Waals surface area contributed by atoms with Gasteiger partial charge < -0.3 is 4.74 Å². The topological polar surface area (TPSA) is 86.1 Å². The van der Waals surface area contributed by atoms with E-state index in [4.69, 9.17) is 4.74 Å². The van der Waals surface area contributed by atoms with E-state index in [1.807, 2.05) is 4.57 Å². The summed E-state index contributed by atoms with van der Waals surface area (Å²) in [4.78, 5) is 25.9. The number of amides is 2. The molecule has 31 heavy (non-hydrogen) atoms. The normalized spacial score (nSPS) is 15.9. The number of rotatable bonds is 7. The summed E-state index contributed by atoms with van der Waals surface area (Å²) in [7, 11) is 0. The fourth-order valence-electron chi connectivity index (χ4n) is 3.69. The summed E-state index contributed by atoms with van der Waals surface area (Å²) in [5.74, 6) is 1.08. The molecule has 0 spiro atoms. The minimum atomic E-state index is -0.737. The highest BCUT2D eigenvalue weighted by Gasteiger charge is 2.30. The second kappa shape index (κ2) is 9.99. The van der Waals surface area contributed by atoms with Crippen molar-refractivity contribution in [1.82, 2.24) is 20.1 Å². The molecule has 0 bridgehead atoms. The van der Waals surface area contributed by atoms with E-state index in [9.17, 15) is 9.59 Å². The average molecular weight is 463 g/mol. The highest BCUT2D eigenvalue weighted by Crippen LogP contribution is 2.42. The minimum Gasteiger partial charge on any atom is -0.450 e. The number of nitrogens with zero attached hydrogens (tertiary/aromatic N) is 3. The first-order chi connectivity index (χ1) is 14.7. The van der Waals surface area contributed by atoms with Gasteiger partial charge in [0.15, 0.2) is 11.0 Å². The number of aromatic nitrogens is 3. The summed E-state index contributed by atoms with van der Waals surface area (Å²) in [5.41, 5.74) is 1.72. The van der Waals surface area contributed by atoms with Crippen LogP contribution in [0.3, 0.4) is 0 Å². The molecule has 1 aliphatic rings. The third-order valence-electron chi connectivity index (χ3n) is 5.41. The zero-order valence-corrected chi connectivity index (χ0v) is 20.2. The maximum Gasteiger partial charge on any atom is 0.413 e. The lowest BCUT2D eigenvalue weighted by Crippen LogP contribution is -2.32. The fraction of sp³-hybridized carbons (Fsp3) is 0.545. The van der Waals surface area contributed by atoms with Crippen molar-refractivity contribution < 1.29 is 14.3 Å². The first-order valence-electron chi connectivity index (χ1n) is 10.5. The van der Waals surface area contributed by atoms with Gasteiger partial charge in [0.1, 0.15) is 0 Å². The number of carbonyl (C=O) groups is 2. The Hall–Kier alpha value is -2.13. The summed E-state index contributed by atoms with van der Waals surface area (Å²) >= 11 is 3.02. The van der Waals surface area contributed by atoms with Crippen LogP contribution in [0.5, 0.6) is 0 Å². The molecule has 0 aromatic carbocycles. The monoisotopic (exact) mass is 462 g/mol. The molecular formula is C22H30N4O3S2. The maximum atomic E-state index is 12.0. The van der Waals surface area contributed by atoms with E-state index in [1.165, 1.54) is 28.6 Å². The van der Waals surface area contributed by atoms with E-state index in [0.29, 0.717) is 23.0 Å². The molecule has 2 heterocycles. The van der Waals surface area contributed by atoms with E-state index in [0.717, 1.165) is 23.5 Å². The number of hydrogen-bond acceptors (Lipinski definition) is 7. The summed E-state index contributed by atoms with van der Waals surface area (Å²) in [6.45, 7) is 13.2. The second-order valence-corrected chi connectivity index (χ2v) is 10.7. The number of aryl methyl sites for hydroxylation is 1.